The van der Waals surface area contributed by atoms with E-state index in [1.807, 2.05) is 0 Å². The predicted molar refractivity (Wildman–Crippen MR) is 48.8 cm³/mol. The number of benzene rings is 1. The predicted octanol–water partition coefficient (Wildman–Crippen LogP) is 2.68. The van der Waals surface area contributed by atoms with Crippen LogP contribution in [0.15, 0.2) is 23.1 Å². The van der Waals surface area contributed by atoms with Crippen molar-refractivity contribution in [3.8, 4) is 0 Å². The van der Waals surface area contributed by atoms with Gasteiger partial charge in [-0.3, -0.25) is 10.1 Å². The molecule has 0 aromatic heterocycles. The summed E-state index contributed by atoms with van der Waals surface area (Å²) in [6.45, 7) is 0. The molecule has 1 rings (SSSR count). The largest absolute Gasteiger partial charge is 0.270 e. The highest BCUT2D eigenvalue weighted by Crippen LogP contribution is 2.31. The van der Waals surface area contributed by atoms with Gasteiger partial charge in [-0.1, -0.05) is 16.6 Å². The minimum atomic E-state index is -0.569. The molecular weight excluding hydrogens is 234 g/mol. The van der Waals surface area contributed by atoms with Crippen LogP contribution in [-0.2, 0) is 9.37 Å². The van der Waals surface area contributed by atoms with Gasteiger partial charge in [0.05, 0.1) is 26.9 Å². The highest BCUT2D eigenvalue weighted by Gasteiger charge is 2.10. The molecule has 1 aromatic rings. The van der Waals surface area contributed by atoms with Crippen LogP contribution in [0.2, 0.25) is 5.02 Å². The SMILES string of the molecule is O=[N+]([O-])c1ccc(Cl)c(SOOO)c1. The van der Waals surface area contributed by atoms with Crippen LogP contribution in [0.25, 0.3) is 0 Å². The lowest BCUT2D eigenvalue weighted by atomic mass is 10.3. The third-order valence-electron chi connectivity index (χ3n) is 1.28. The van der Waals surface area contributed by atoms with E-state index in [9.17, 15) is 10.1 Å². The highest BCUT2D eigenvalue weighted by molar-refractivity contribution is 7.94. The molecule has 1 aromatic carbocycles. The smallest absolute Gasteiger partial charge is 0.258 e. The van der Waals surface area contributed by atoms with E-state index in [-0.39, 0.29) is 15.6 Å². The van der Waals surface area contributed by atoms with Crippen molar-refractivity contribution in [2.45, 2.75) is 4.90 Å². The molecule has 76 valence electrons. The molecule has 0 aliphatic rings. The van der Waals surface area contributed by atoms with E-state index in [1.54, 1.807) is 0 Å². The molecule has 0 unspecified atom stereocenters. The van der Waals surface area contributed by atoms with E-state index in [1.165, 1.54) is 18.2 Å². The summed E-state index contributed by atoms with van der Waals surface area (Å²) in [5.41, 5.74) is -0.126. The lowest BCUT2D eigenvalue weighted by molar-refractivity contribution is -0.432. The van der Waals surface area contributed by atoms with E-state index in [4.69, 9.17) is 16.9 Å². The maximum absolute atomic E-state index is 10.4. The number of rotatable bonds is 4. The standard InChI is InChI=1S/C6H4ClNO5S/c7-5-2-1-4(8(9)10)3-6(5)14-13-12-11/h1-3,11H. The Bertz CT molecular complexity index is 347. The summed E-state index contributed by atoms with van der Waals surface area (Å²) >= 11 is 6.25. The molecular formula is C6H4ClNO5S. The third kappa shape index (κ3) is 2.82. The second kappa shape index (κ2) is 5.13. The van der Waals surface area contributed by atoms with Crippen molar-refractivity contribution < 1.29 is 19.6 Å². The van der Waals surface area contributed by atoms with Gasteiger partial charge >= 0.3 is 0 Å². The van der Waals surface area contributed by atoms with Gasteiger partial charge in [0.2, 0.25) is 0 Å². The van der Waals surface area contributed by atoms with Gasteiger partial charge in [0, 0.05) is 12.1 Å². The molecule has 0 bridgehead atoms. The Morgan fingerprint density at radius 3 is 2.86 bits per heavy atom. The van der Waals surface area contributed by atoms with Gasteiger partial charge < -0.3 is 0 Å². The van der Waals surface area contributed by atoms with Crippen LogP contribution in [0.4, 0.5) is 5.69 Å². The number of halogens is 1. The average Bonchev–Trinajstić information content (AvgIpc) is 2.16. The molecule has 0 spiro atoms. The molecule has 8 heteroatoms. The molecule has 14 heavy (non-hydrogen) atoms. The van der Waals surface area contributed by atoms with Crippen molar-refractivity contribution in [3.05, 3.63) is 33.3 Å². The zero-order chi connectivity index (χ0) is 10.6. The van der Waals surface area contributed by atoms with Crippen molar-refractivity contribution >= 4 is 29.3 Å². The van der Waals surface area contributed by atoms with Crippen molar-refractivity contribution in [2.24, 2.45) is 0 Å². The van der Waals surface area contributed by atoms with Crippen molar-refractivity contribution in [2.75, 3.05) is 0 Å². The molecule has 0 aliphatic carbocycles. The van der Waals surface area contributed by atoms with E-state index in [2.05, 4.69) is 9.37 Å². The Balaban J connectivity index is 2.90. The molecule has 0 radical (unpaired) electrons. The summed E-state index contributed by atoms with van der Waals surface area (Å²) in [4.78, 5) is 10.1. The van der Waals surface area contributed by atoms with Gasteiger partial charge in [-0.25, -0.2) is 5.26 Å². The minimum absolute atomic E-state index is 0.126. The van der Waals surface area contributed by atoms with Gasteiger partial charge in [0.25, 0.3) is 5.69 Å². The van der Waals surface area contributed by atoms with E-state index in [0.717, 1.165) is 0 Å². The van der Waals surface area contributed by atoms with E-state index >= 15 is 0 Å². The van der Waals surface area contributed by atoms with E-state index in [0.29, 0.717) is 12.0 Å². The lowest BCUT2D eigenvalue weighted by Gasteiger charge is -1.99. The molecule has 0 amide bonds. The summed E-state index contributed by atoms with van der Waals surface area (Å²) in [5.74, 6) is 0. The summed E-state index contributed by atoms with van der Waals surface area (Å²) in [5, 5.41) is 21.8. The number of hydrogen-bond acceptors (Lipinski definition) is 6. The Labute approximate surface area is 87.6 Å². The maximum Gasteiger partial charge on any atom is 0.270 e. The molecule has 0 heterocycles. The first kappa shape index (κ1) is 11.2. The van der Waals surface area contributed by atoms with Gasteiger partial charge in [0.1, 0.15) is 0 Å². The van der Waals surface area contributed by atoms with Crippen molar-refractivity contribution in [1.29, 1.82) is 0 Å². The number of non-ortho nitro benzene ring substituents is 1. The first-order valence-corrected chi connectivity index (χ1v) is 4.36. The van der Waals surface area contributed by atoms with Crippen LogP contribution in [0.1, 0.15) is 0 Å². The Morgan fingerprint density at radius 1 is 1.57 bits per heavy atom. The van der Waals surface area contributed by atoms with Crippen LogP contribution >= 0.6 is 23.6 Å². The second-order valence-electron chi connectivity index (χ2n) is 2.10. The molecule has 6 nitrogen and oxygen atoms in total. The Hall–Kier alpha value is -0.860. The first-order chi connectivity index (χ1) is 6.65. The molecule has 0 saturated heterocycles. The maximum atomic E-state index is 10.4. The topological polar surface area (TPSA) is 81.8 Å². The molecule has 1 N–H and O–H groups in total. The van der Waals surface area contributed by atoms with Crippen LogP contribution in [0, 0.1) is 10.1 Å². The van der Waals surface area contributed by atoms with Gasteiger partial charge in [-0.05, 0) is 6.07 Å². The van der Waals surface area contributed by atoms with E-state index < -0.39 is 4.92 Å². The summed E-state index contributed by atoms with van der Waals surface area (Å²) in [6.07, 6.45) is 0. The number of nitrogens with zero attached hydrogens (tertiary/aromatic N) is 1. The van der Waals surface area contributed by atoms with Gasteiger partial charge in [0.15, 0.2) is 0 Å². The van der Waals surface area contributed by atoms with Crippen molar-refractivity contribution in [3.63, 3.8) is 0 Å². The van der Waals surface area contributed by atoms with Crippen molar-refractivity contribution in [1.82, 2.24) is 0 Å². The third-order valence-corrected chi connectivity index (χ3v) is 2.37. The monoisotopic (exact) mass is 237 g/mol. The molecule has 0 saturated carbocycles. The summed E-state index contributed by atoms with van der Waals surface area (Å²) < 4.78 is 4.10. The quantitative estimate of drug-likeness (QED) is 0.375. The zero-order valence-corrected chi connectivity index (χ0v) is 8.12. The fraction of sp³-hybridized carbons (Fsp3) is 0. The number of nitro benzene ring substituents is 1. The van der Waals surface area contributed by atoms with Crippen LogP contribution in [0.5, 0.6) is 0 Å². The summed E-state index contributed by atoms with van der Waals surface area (Å²) in [6, 6.07) is 3.81. The first-order valence-electron chi connectivity index (χ1n) is 3.24. The number of nitro groups is 1. The highest BCUT2D eigenvalue weighted by atomic mass is 35.5. The lowest BCUT2D eigenvalue weighted by Crippen LogP contribution is -1.88. The molecule has 0 atom stereocenters. The molecule has 0 fully saturated rings. The fourth-order valence-electron chi connectivity index (χ4n) is 0.721. The fourth-order valence-corrected chi connectivity index (χ4v) is 1.35. The minimum Gasteiger partial charge on any atom is -0.258 e. The Kier molecular flexibility index (Phi) is 4.11. The average molecular weight is 238 g/mol. The van der Waals surface area contributed by atoms with Gasteiger partial charge in [-0.2, -0.15) is 0 Å². The van der Waals surface area contributed by atoms with Crippen LogP contribution in [-0.4, -0.2) is 10.2 Å². The second-order valence-corrected chi connectivity index (χ2v) is 3.25. The van der Waals surface area contributed by atoms with Gasteiger partial charge in [-0.15, -0.1) is 4.33 Å². The molecule has 0 aliphatic heterocycles. The number of hydrogen-bond donors (Lipinski definition) is 1. The summed E-state index contributed by atoms with van der Waals surface area (Å²) in [7, 11) is 0. The van der Waals surface area contributed by atoms with Crippen LogP contribution in [0.3, 0.4) is 0 Å². The zero-order valence-electron chi connectivity index (χ0n) is 6.55. The Morgan fingerprint density at radius 2 is 2.29 bits per heavy atom. The normalized spacial score (nSPS) is 10.1. The van der Waals surface area contributed by atoms with Crippen LogP contribution < -0.4 is 0 Å².